The van der Waals surface area contributed by atoms with E-state index in [0.717, 1.165) is 11.3 Å². The number of rotatable bonds is 8. The molecule has 0 fully saturated rings. The average molecular weight is 379 g/mol. The second-order valence-electron chi connectivity index (χ2n) is 6.58. The van der Waals surface area contributed by atoms with Crippen LogP contribution in [0.25, 0.3) is 0 Å². The second-order valence-corrected chi connectivity index (χ2v) is 6.58. The van der Waals surface area contributed by atoms with Crippen molar-refractivity contribution in [2.75, 3.05) is 6.61 Å². The van der Waals surface area contributed by atoms with E-state index >= 15 is 0 Å². The van der Waals surface area contributed by atoms with Crippen LogP contribution < -0.4 is 0 Å². The summed E-state index contributed by atoms with van der Waals surface area (Å²) in [6, 6.07) is 13.9. The van der Waals surface area contributed by atoms with Gasteiger partial charge >= 0.3 is 5.97 Å². The largest absolute Gasteiger partial charge is 0.456 e. The molecule has 0 saturated heterocycles. The molecule has 1 aliphatic rings. The summed E-state index contributed by atoms with van der Waals surface area (Å²) in [6.45, 7) is 1.51. The number of Topliss-reactive ketones (excluding diaryl/α,β-unsaturated/α-hetero) is 1. The summed E-state index contributed by atoms with van der Waals surface area (Å²) in [5.74, 6) is -2.10. The number of ketones is 1. The average Bonchev–Trinajstić information content (AvgIpc) is 2.98. The SMILES string of the molecule is CCCC[C@H](C(=O)OCC(=O)c1ccccc1)N1C(=O)c2ccccc2C1=O. The molecule has 0 bridgehead atoms. The maximum atomic E-state index is 12.7. The van der Waals surface area contributed by atoms with Gasteiger partial charge in [-0.25, -0.2) is 4.79 Å². The standard InChI is InChI=1S/C22H21NO5/c1-2-3-13-18(22(27)28-14-19(24)15-9-5-4-6-10-15)23-20(25)16-11-7-8-12-17(16)21(23)26/h4-12,18H,2-3,13-14H2,1H3/t18-/m1/s1. The molecule has 3 rings (SSSR count). The molecule has 1 aliphatic heterocycles. The topological polar surface area (TPSA) is 80.8 Å². The Hall–Kier alpha value is -3.28. The summed E-state index contributed by atoms with van der Waals surface area (Å²) in [7, 11) is 0. The molecule has 2 aromatic rings. The summed E-state index contributed by atoms with van der Waals surface area (Å²) in [5, 5.41) is 0. The summed E-state index contributed by atoms with van der Waals surface area (Å²) in [4.78, 5) is 51.3. The maximum absolute atomic E-state index is 12.7. The highest BCUT2D eigenvalue weighted by molar-refractivity contribution is 6.22. The Labute approximate surface area is 163 Å². The molecule has 1 heterocycles. The van der Waals surface area contributed by atoms with Crippen LogP contribution >= 0.6 is 0 Å². The molecule has 0 aliphatic carbocycles. The lowest BCUT2D eigenvalue weighted by Gasteiger charge is -2.24. The molecule has 144 valence electrons. The van der Waals surface area contributed by atoms with E-state index in [-0.39, 0.29) is 16.9 Å². The van der Waals surface area contributed by atoms with Crippen molar-refractivity contribution in [1.29, 1.82) is 0 Å². The van der Waals surface area contributed by atoms with Gasteiger partial charge in [-0.2, -0.15) is 0 Å². The molecular weight excluding hydrogens is 358 g/mol. The Bertz CT molecular complexity index is 871. The Balaban J connectivity index is 1.75. The molecule has 0 unspecified atom stereocenters. The van der Waals surface area contributed by atoms with Crippen molar-refractivity contribution in [2.24, 2.45) is 0 Å². The zero-order chi connectivity index (χ0) is 20.1. The quantitative estimate of drug-likeness (QED) is 0.399. The molecule has 0 aromatic heterocycles. The van der Waals surface area contributed by atoms with Gasteiger partial charge in [0.15, 0.2) is 12.4 Å². The third-order valence-electron chi connectivity index (χ3n) is 4.68. The molecule has 2 amide bonds. The van der Waals surface area contributed by atoms with E-state index in [0.29, 0.717) is 18.4 Å². The predicted octanol–water partition coefficient (Wildman–Crippen LogP) is 3.27. The van der Waals surface area contributed by atoms with E-state index in [1.165, 1.54) is 0 Å². The number of amides is 2. The number of esters is 1. The monoisotopic (exact) mass is 379 g/mol. The van der Waals surface area contributed by atoms with Crippen LogP contribution in [0.4, 0.5) is 0 Å². The van der Waals surface area contributed by atoms with Gasteiger partial charge in [0.05, 0.1) is 11.1 Å². The third-order valence-corrected chi connectivity index (χ3v) is 4.68. The minimum absolute atomic E-state index is 0.280. The summed E-state index contributed by atoms with van der Waals surface area (Å²) in [5.41, 5.74) is 0.991. The zero-order valence-corrected chi connectivity index (χ0v) is 15.6. The molecule has 28 heavy (non-hydrogen) atoms. The Morgan fingerprint density at radius 1 is 0.929 bits per heavy atom. The van der Waals surface area contributed by atoms with E-state index < -0.39 is 30.4 Å². The first-order chi connectivity index (χ1) is 13.5. The first-order valence-electron chi connectivity index (χ1n) is 9.26. The Morgan fingerprint density at radius 2 is 1.50 bits per heavy atom. The van der Waals surface area contributed by atoms with Crippen LogP contribution in [0.1, 0.15) is 57.3 Å². The summed E-state index contributed by atoms with van der Waals surface area (Å²) >= 11 is 0. The molecule has 0 saturated carbocycles. The van der Waals surface area contributed by atoms with E-state index in [2.05, 4.69) is 0 Å². The number of unbranched alkanes of at least 4 members (excludes halogenated alkanes) is 1. The van der Waals surface area contributed by atoms with Crippen LogP contribution in [0.15, 0.2) is 54.6 Å². The van der Waals surface area contributed by atoms with Crippen LogP contribution in [0.3, 0.4) is 0 Å². The van der Waals surface area contributed by atoms with Crippen molar-refractivity contribution in [3.05, 3.63) is 71.3 Å². The normalized spacial score (nSPS) is 14.0. The van der Waals surface area contributed by atoms with Gasteiger partial charge in [0.1, 0.15) is 6.04 Å². The molecule has 0 N–H and O–H groups in total. The predicted molar refractivity (Wildman–Crippen MR) is 102 cm³/mol. The fourth-order valence-corrected chi connectivity index (χ4v) is 3.18. The number of fused-ring (bicyclic) bond motifs is 1. The van der Waals surface area contributed by atoms with Gasteiger partial charge in [-0.3, -0.25) is 19.3 Å². The van der Waals surface area contributed by atoms with Crippen molar-refractivity contribution in [3.63, 3.8) is 0 Å². The zero-order valence-electron chi connectivity index (χ0n) is 15.6. The molecular formula is C22H21NO5. The number of imide groups is 1. The highest BCUT2D eigenvalue weighted by Gasteiger charge is 2.43. The van der Waals surface area contributed by atoms with Crippen molar-refractivity contribution in [1.82, 2.24) is 4.90 Å². The van der Waals surface area contributed by atoms with Gasteiger partial charge in [-0.05, 0) is 18.6 Å². The van der Waals surface area contributed by atoms with E-state index in [4.69, 9.17) is 4.74 Å². The number of carbonyl (C=O) groups excluding carboxylic acids is 4. The highest BCUT2D eigenvalue weighted by atomic mass is 16.5. The van der Waals surface area contributed by atoms with Crippen LogP contribution in [-0.4, -0.2) is 41.1 Å². The van der Waals surface area contributed by atoms with E-state index in [1.807, 2.05) is 6.92 Å². The first-order valence-corrected chi connectivity index (χ1v) is 9.26. The van der Waals surface area contributed by atoms with Crippen LogP contribution in [0.5, 0.6) is 0 Å². The first kappa shape index (κ1) is 19.5. The van der Waals surface area contributed by atoms with Gasteiger partial charge in [0, 0.05) is 5.56 Å². The van der Waals surface area contributed by atoms with Crippen molar-refractivity contribution in [2.45, 2.75) is 32.2 Å². The molecule has 2 aromatic carbocycles. The number of hydrogen-bond donors (Lipinski definition) is 0. The lowest BCUT2D eigenvalue weighted by atomic mass is 10.1. The van der Waals surface area contributed by atoms with Gasteiger partial charge in [-0.1, -0.05) is 62.2 Å². The molecule has 6 nitrogen and oxygen atoms in total. The fraction of sp³-hybridized carbons (Fsp3) is 0.273. The second kappa shape index (κ2) is 8.61. The van der Waals surface area contributed by atoms with Gasteiger partial charge in [-0.15, -0.1) is 0 Å². The van der Waals surface area contributed by atoms with Crippen LogP contribution in [-0.2, 0) is 9.53 Å². The molecule has 6 heteroatoms. The number of ether oxygens (including phenoxy) is 1. The fourth-order valence-electron chi connectivity index (χ4n) is 3.18. The number of hydrogen-bond acceptors (Lipinski definition) is 5. The number of nitrogens with zero attached hydrogens (tertiary/aromatic N) is 1. The van der Waals surface area contributed by atoms with Gasteiger partial charge in [0.2, 0.25) is 0 Å². The number of carbonyl (C=O) groups is 4. The van der Waals surface area contributed by atoms with Crippen molar-refractivity contribution < 1.29 is 23.9 Å². The van der Waals surface area contributed by atoms with E-state index in [1.54, 1.807) is 54.6 Å². The lowest BCUT2D eigenvalue weighted by Crippen LogP contribution is -2.46. The summed E-state index contributed by atoms with van der Waals surface area (Å²) in [6.07, 6.45) is 1.72. The van der Waals surface area contributed by atoms with Crippen LogP contribution in [0, 0.1) is 0 Å². The highest BCUT2D eigenvalue weighted by Crippen LogP contribution is 2.26. The minimum Gasteiger partial charge on any atom is -0.456 e. The molecule has 0 spiro atoms. The van der Waals surface area contributed by atoms with Gasteiger partial charge in [0.25, 0.3) is 11.8 Å². The molecule has 1 atom stereocenters. The van der Waals surface area contributed by atoms with Gasteiger partial charge < -0.3 is 4.74 Å². The van der Waals surface area contributed by atoms with Crippen LogP contribution in [0.2, 0.25) is 0 Å². The summed E-state index contributed by atoms with van der Waals surface area (Å²) < 4.78 is 5.19. The van der Waals surface area contributed by atoms with Crippen molar-refractivity contribution >= 4 is 23.6 Å². The number of benzene rings is 2. The Morgan fingerprint density at radius 3 is 2.07 bits per heavy atom. The lowest BCUT2D eigenvalue weighted by molar-refractivity contribution is -0.147. The van der Waals surface area contributed by atoms with E-state index in [9.17, 15) is 19.2 Å². The third kappa shape index (κ3) is 3.86. The molecule has 0 radical (unpaired) electrons. The van der Waals surface area contributed by atoms with Crippen molar-refractivity contribution in [3.8, 4) is 0 Å². The Kier molecular flexibility index (Phi) is 5.99. The minimum atomic E-state index is -1.05. The smallest absolute Gasteiger partial charge is 0.329 e. The maximum Gasteiger partial charge on any atom is 0.329 e.